The van der Waals surface area contributed by atoms with E-state index in [1.54, 1.807) is 0 Å². The smallest absolute Gasteiger partial charge is 0.0175 e. The lowest BCUT2D eigenvalue weighted by Gasteiger charge is -2.38. The highest BCUT2D eigenvalue weighted by atomic mass is 79.9. The van der Waals surface area contributed by atoms with Crippen LogP contribution in [-0.4, -0.2) is 5.54 Å². The topological polar surface area (TPSA) is 26.0 Å². The third-order valence-corrected chi connectivity index (χ3v) is 3.70. The highest BCUT2D eigenvalue weighted by Crippen LogP contribution is 2.33. The van der Waals surface area contributed by atoms with E-state index < -0.39 is 0 Å². The highest BCUT2D eigenvalue weighted by Gasteiger charge is 2.31. The van der Waals surface area contributed by atoms with Gasteiger partial charge in [0, 0.05) is 10.0 Å². The Balaban J connectivity index is 1.88. The normalized spacial score (nSPS) is 19.0. The molecule has 2 rings (SSSR count). The van der Waals surface area contributed by atoms with E-state index in [0.717, 1.165) is 17.3 Å². The Hall–Kier alpha value is -0.340. The molecule has 0 bridgehead atoms. The van der Waals surface area contributed by atoms with Gasteiger partial charge in [-0.05, 0) is 49.8 Å². The summed E-state index contributed by atoms with van der Waals surface area (Å²) in [5.74, 6) is 0. The van der Waals surface area contributed by atoms with E-state index in [2.05, 4.69) is 40.2 Å². The van der Waals surface area contributed by atoms with Gasteiger partial charge in [0.15, 0.2) is 0 Å². The average Bonchev–Trinajstić information content (AvgIpc) is 2.14. The van der Waals surface area contributed by atoms with Gasteiger partial charge in [-0.15, -0.1) is 0 Å². The lowest BCUT2D eigenvalue weighted by Crippen LogP contribution is -2.46. The lowest BCUT2D eigenvalue weighted by molar-refractivity contribution is 0.232. The maximum atomic E-state index is 6.17. The predicted octanol–water partition coefficient (Wildman–Crippen LogP) is 3.26. The molecule has 0 amide bonds. The third-order valence-electron chi connectivity index (χ3n) is 3.17. The molecule has 0 aromatic heterocycles. The van der Waals surface area contributed by atoms with Crippen molar-refractivity contribution in [2.24, 2.45) is 5.73 Å². The van der Waals surface area contributed by atoms with Gasteiger partial charge >= 0.3 is 0 Å². The van der Waals surface area contributed by atoms with Gasteiger partial charge in [-0.2, -0.15) is 0 Å². The van der Waals surface area contributed by atoms with E-state index >= 15 is 0 Å². The summed E-state index contributed by atoms with van der Waals surface area (Å²) in [4.78, 5) is 0. The molecule has 1 nitrogen and oxygen atoms in total. The summed E-state index contributed by atoms with van der Waals surface area (Å²) in [7, 11) is 0. The molecule has 0 aliphatic heterocycles. The first kappa shape index (κ1) is 10.2. The molecule has 0 unspecified atom stereocenters. The van der Waals surface area contributed by atoms with Gasteiger partial charge in [0.2, 0.25) is 0 Å². The van der Waals surface area contributed by atoms with E-state index in [9.17, 15) is 0 Å². The summed E-state index contributed by atoms with van der Waals surface area (Å²) in [5, 5.41) is 0. The summed E-state index contributed by atoms with van der Waals surface area (Å²) < 4.78 is 1.15. The lowest BCUT2D eigenvalue weighted by atomic mass is 9.74. The first-order valence-corrected chi connectivity index (χ1v) is 6.01. The third kappa shape index (κ3) is 2.37. The van der Waals surface area contributed by atoms with E-state index in [1.165, 1.54) is 24.8 Å². The quantitative estimate of drug-likeness (QED) is 0.880. The molecule has 1 saturated carbocycles. The fourth-order valence-electron chi connectivity index (χ4n) is 1.93. The minimum Gasteiger partial charge on any atom is -0.325 e. The van der Waals surface area contributed by atoms with Crippen molar-refractivity contribution in [3.63, 3.8) is 0 Å². The second kappa shape index (κ2) is 4.03. The van der Waals surface area contributed by atoms with Crippen LogP contribution in [0.2, 0.25) is 0 Å². The Bertz CT molecular complexity index is 301. The molecule has 1 aliphatic carbocycles. The number of halogens is 1. The Morgan fingerprint density at radius 3 is 2.36 bits per heavy atom. The molecule has 14 heavy (non-hydrogen) atoms. The summed E-state index contributed by atoms with van der Waals surface area (Å²) in [6.07, 6.45) is 5.99. The SMILES string of the molecule is NC1(CCc2ccc(Br)cc2)CCC1. The van der Waals surface area contributed by atoms with Crippen LogP contribution in [0.3, 0.4) is 0 Å². The molecule has 1 aromatic rings. The first-order chi connectivity index (χ1) is 6.68. The molecule has 1 aliphatic rings. The molecule has 76 valence electrons. The van der Waals surface area contributed by atoms with Crippen LogP contribution in [0.1, 0.15) is 31.2 Å². The Kier molecular flexibility index (Phi) is 2.93. The zero-order valence-corrected chi connectivity index (χ0v) is 9.89. The maximum absolute atomic E-state index is 6.17. The minimum absolute atomic E-state index is 0.160. The van der Waals surface area contributed by atoms with Crippen LogP contribution in [0, 0.1) is 0 Å². The summed E-state index contributed by atoms with van der Waals surface area (Å²) in [5.41, 5.74) is 7.72. The van der Waals surface area contributed by atoms with Crippen LogP contribution in [0.5, 0.6) is 0 Å². The van der Waals surface area contributed by atoms with Crippen LogP contribution in [0.15, 0.2) is 28.7 Å². The van der Waals surface area contributed by atoms with Gasteiger partial charge < -0.3 is 5.73 Å². The Morgan fingerprint density at radius 2 is 1.86 bits per heavy atom. The molecule has 0 radical (unpaired) electrons. The molecular formula is C12H16BrN. The highest BCUT2D eigenvalue weighted by molar-refractivity contribution is 9.10. The fourth-order valence-corrected chi connectivity index (χ4v) is 2.19. The monoisotopic (exact) mass is 253 g/mol. The van der Waals surface area contributed by atoms with Crippen LogP contribution in [0.25, 0.3) is 0 Å². The number of benzene rings is 1. The second-order valence-corrected chi connectivity index (χ2v) is 5.26. The van der Waals surface area contributed by atoms with Gasteiger partial charge in [0.1, 0.15) is 0 Å². The number of nitrogens with two attached hydrogens (primary N) is 1. The van der Waals surface area contributed by atoms with Gasteiger partial charge in [-0.25, -0.2) is 0 Å². The van der Waals surface area contributed by atoms with Crippen molar-refractivity contribution >= 4 is 15.9 Å². The van der Waals surface area contributed by atoms with E-state index in [4.69, 9.17) is 5.73 Å². The molecule has 1 aromatic carbocycles. The van der Waals surface area contributed by atoms with Crippen LogP contribution < -0.4 is 5.73 Å². The van der Waals surface area contributed by atoms with Gasteiger partial charge in [-0.3, -0.25) is 0 Å². The molecule has 1 fully saturated rings. The van der Waals surface area contributed by atoms with E-state index in [0.29, 0.717) is 0 Å². The molecule has 2 N–H and O–H groups in total. The van der Waals surface area contributed by atoms with Gasteiger partial charge in [0.25, 0.3) is 0 Å². The Labute approximate surface area is 93.8 Å². The van der Waals surface area contributed by atoms with Gasteiger partial charge in [0.05, 0.1) is 0 Å². The van der Waals surface area contributed by atoms with Crippen molar-refractivity contribution in [2.75, 3.05) is 0 Å². The van der Waals surface area contributed by atoms with Crippen molar-refractivity contribution in [3.8, 4) is 0 Å². The van der Waals surface area contributed by atoms with Crippen molar-refractivity contribution in [1.82, 2.24) is 0 Å². The first-order valence-electron chi connectivity index (χ1n) is 5.21. The molecule has 0 spiro atoms. The zero-order chi connectivity index (χ0) is 10.0. The Morgan fingerprint density at radius 1 is 1.21 bits per heavy atom. The largest absolute Gasteiger partial charge is 0.325 e. The van der Waals surface area contributed by atoms with Crippen molar-refractivity contribution in [1.29, 1.82) is 0 Å². The number of rotatable bonds is 3. The molecule has 2 heteroatoms. The average molecular weight is 254 g/mol. The van der Waals surface area contributed by atoms with E-state index in [1.807, 2.05) is 0 Å². The standard InChI is InChI=1S/C12H16BrN/c13-11-4-2-10(3-5-11)6-9-12(14)7-1-8-12/h2-5H,1,6-9,14H2. The zero-order valence-electron chi connectivity index (χ0n) is 8.30. The molecular weight excluding hydrogens is 238 g/mol. The van der Waals surface area contributed by atoms with Crippen molar-refractivity contribution < 1.29 is 0 Å². The number of hydrogen-bond donors (Lipinski definition) is 1. The van der Waals surface area contributed by atoms with E-state index in [-0.39, 0.29) is 5.54 Å². The van der Waals surface area contributed by atoms with Crippen molar-refractivity contribution in [2.45, 2.75) is 37.6 Å². The minimum atomic E-state index is 0.160. The van der Waals surface area contributed by atoms with Crippen LogP contribution in [0.4, 0.5) is 0 Å². The predicted molar refractivity (Wildman–Crippen MR) is 63.2 cm³/mol. The van der Waals surface area contributed by atoms with Crippen LogP contribution in [-0.2, 0) is 6.42 Å². The van der Waals surface area contributed by atoms with Gasteiger partial charge in [-0.1, -0.05) is 28.1 Å². The number of aryl methyl sites for hydroxylation is 1. The molecule has 0 atom stereocenters. The fraction of sp³-hybridized carbons (Fsp3) is 0.500. The summed E-state index contributed by atoms with van der Waals surface area (Å²) >= 11 is 3.44. The summed E-state index contributed by atoms with van der Waals surface area (Å²) in [6, 6.07) is 8.54. The number of hydrogen-bond acceptors (Lipinski definition) is 1. The maximum Gasteiger partial charge on any atom is 0.0175 e. The molecule has 0 saturated heterocycles. The second-order valence-electron chi connectivity index (χ2n) is 4.34. The van der Waals surface area contributed by atoms with Crippen molar-refractivity contribution in [3.05, 3.63) is 34.3 Å². The van der Waals surface area contributed by atoms with Crippen LogP contribution >= 0.6 is 15.9 Å². The molecule has 0 heterocycles. The summed E-state index contributed by atoms with van der Waals surface area (Å²) in [6.45, 7) is 0.